The van der Waals surface area contributed by atoms with Crippen molar-refractivity contribution in [1.29, 1.82) is 0 Å². The maximum absolute atomic E-state index is 11.1. The van der Waals surface area contributed by atoms with E-state index in [0.717, 1.165) is 24.2 Å². The van der Waals surface area contributed by atoms with Crippen LogP contribution in [0.25, 0.3) is 0 Å². The third kappa shape index (κ3) is 2.29. The lowest BCUT2D eigenvalue weighted by atomic mass is 10.0. The number of rotatable bonds is 2. The zero-order valence-corrected chi connectivity index (χ0v) is 8.73. The number of hydrogen-bond donors (Lipinski definition) is 0. The van der Waals surface area contributed by atoms with Crippen molar-refractivity contribution in [3.63, 3.8) is 0 Å². The van der Waals surface area contributed by atoms with Crippen molar-refractivity contribution in [3.05, 3.63) is 29.8 Å². The molecule has 0 aliphatic carbocycles. The summed E-state index contributed by atoms with van der Waals surface area (Å²) in [5.74, 6) is 0.697. The van der Waals surface area contributed by atoms with Gasteiger partial charge < -0.3 is 9.47 Å². The molecule has 80 valence electrons. The first-order valence-corrected chi connectivity index (χ1v) is 5.13. The van der Waals surface area contributed by atoms with Gasteiger partial charge in [0.25, 0.3) is 0 Å². The first kappa shape index (κ1) is 10.0. The van der Waals surface area contributed by atoms with E-state index in [1.807, 2.05) is 24.3 Å². The number of ether oxygens (including phenoxy) is 2. The lowest BCUT2D eigenvalue weighted by Crippen LogP contribution is -2.16. The molecule has 3 nitrogen and oxygen atoms in total. The molecule has 1 unspecified atom stereocenters. The molecule has 0 spiro atoms. The van der Waals surface area contributed by atoms with Crippen molar-refractivity contribution in [2.75, 3.05) is 7.11 Å². The molecule has 0 aromatic heterocycles. The molecular formula is C12H14O3. The second-order valence-electron chi connectivity index (χ2n) is 3.65. The molecule has 3 heteroatoms. The quantitative estimate of drug-likeness (QED) is 0.697. The number of carbonyl (C=O) groups is 1. The Morgan fingerprint density at radius 3 is 3.07 bits per heavy atom. The molecule has 0 N–H and O–H groups in total. The highest BCUT2D eigenvalue weighted by atomic mass is 16.5. The smallest absolute Gasteiger partial charge is 0.306 e. The monoisotopic (exact) mass is 206 g/mol. The molecular weight excluding hydrogens is 192 g/mol. The minimum atomic E-state index is -0.103. The Bertz CT molecular complexity index is 360. The second kappa shape index (κ2) is 4.34. The number of methoxy groups -OCH3 is 1. The summed E-state index contributed by atoms with van der Waals surface area (Å²) in [6.45, 7) is 0. The van der Waals surface area contributed by atoms with Gasteiger partial charge in [0, 0.05) is 6.42 Å². The largest absolute Gasteiger partial charge is 0.497 e. The third-order valence-electron chi connectivity index (χ3n) is 2.59. The Hall–Kier alpha value is -1.51. The van der Waals surface area contributed by atoms with Crippen LogP contribution in [-0.4, -0.2) is 13.1 Å². The maximum Gasteiger partial charge on any atom is 0.306 e. The highest BCUT2D eigenvalue weighted by molar-refractivity contribution is 5.70. The van der Waals surface area contributed by atoms with Gasteiger partial charge in [0.1, 0.15) is 11.9 Å². The summed E-state index contributed by atoms with van der Waals surface area (Å²) in [6, 6.07) is 7.68. The molecule has 1 aliphatic rings. The molecule has 15 heavy (non-hydrogen) atoms. The molecule has 0 amide bonds. The second-order valence-corrected chi connectivity index (χ2v) is 3.65. The van der Waals surface area contributed by atoms with Crippen LogP contribution < -0.4 is 4.74 Å². The van der Waals surface area contributed by atoms with Gasteiger partial charge in [0.05, 0.1) is 7.11 Å². The molecule has 1 aromatic rings. The van der Waals surface area contributed by atoms with Gasteiger partial charge in [-0.2, -0.15) is 0 Å². The number of esters is 1. The highest BCUT2D eigenvalue weighted by Crippen LogP contribution is 2.30. The van der Waals surface area contributed by atoms with E-state index in [2.05, 4.69) is 0 Å². The van der Waals surface area contributed by atoms with E-state index >= 15 is 0 Å². The van der Waals surface area contributed by atoms with Crippen molar-refractivity contribution < 1.29 is 14.3 Å². The van der Waals surface area contributed by atoms with Crippen molar-refractivity contribution in [3.8, 4) is 5.75 Å². The lowest BCUT2D eigenvalue weighted by Gasteiger charge is -2.22. The Morgan fingerprint density at radius 2 is 2.33 bits per heavy atom. The topological polar surface area (TPSA) is 35.5 Å². The maximum atomic E-state index is 11.1. The molecule has 1 saturated heterocycles. The van der Waals surface area contributed by atoms with Crippen LogP contribution in [-0.2, 0) is 9.53 Å². The summed E-state index contributed by atoms with van der Waals surface area (Å²) in [4.78, 5) is 11.1. The Balaban J connectivity index is 2.17. The summed E-state index contributed by atoms with van der Waals surface area (Å²) >= 11 is 0. The fourth-order valence-corrected chi connectivity index (χ4v) is 1.78. The first-order valence-electron chi connectivity index (χ1n) is 5.13. The van der Waals surface area contributed by atoms with E-state index in [9.17, 15) is 4.79 Å². The summed E-state index contributed by atoms with van der Waals surface area (Å²) in [5.41, 5.74) is 1.02. The predicted molar refractivity (Wildman–Crippen MR) is 55.7 cm³/mol. The standard InChI is InChI=1S/C12H14O3/c1-14-10-5-2-4-9(8-10)11-6-3-7-12(13)15-11/h2,4-5,8,11H,3,6-7H2,1H3. The fourth-order valence-electron chi connectivity index (χ4n) is 1.78. The van der Waals surface area contributed by atoms with Crippen molar-refractivity contribution >= 4 is 5.97 Å². The molecule has 1 heterocycles. The summed E-state index contributed by atoms with van der Waals surface area (Å²) < 4.78 is 10.4. The summed E-state index contributed by atoms with van der Waals surface area (Å²) in [7, 11) is 1.63. The summed E-state index contributed by atoms with van der Waals surface area (Å²) in [5, 5.41) is 0. The zero-order chi connectivity index (χ0) is 10.7. The number of hydrogen-bond acceptors (Lipinski definition) is 3. The van der Waals surface area contributed by atoms with Gasteiger partial charge in [-0.3, -0.25) is 4.79 Å². The van der Waals surface area contributed by atoms with E-state index in [1.165, 1.54) is 0 Å². The average molecular weight is 206 g/mol. The number of benzene rings is 1. The van der Waals surface area contributed by atoms with Gasteiger partial charge in [-0.15, -0.1) is 0 Å². The third-order valence-corrected chi connectivity index (χ3v) is 2.59. The highest BCUT2D eigenvalue weighted by Gasteiger charge is 2.21. The normalized spacial score (nSPS) is 20.9. The van der Waals surface area contributed by atoms with Crippen molar-refractivity contribution in [2.24, 2.45) is 0 Å². The predicted octanol–water partition coefficient (Wildman–Crippen LogP) is 2.46. The zero-order valence-electron chi connectivity index (χ0n) is 8.73. The van der Waals surface area contributed by atoms with Crippen LogP contribution in [0.15, 0.2) is 24.3 Å². The van der Waals surface area contributed by atoms with Gasteiger partial charge in [-0.05, 0) is 30.5 Å². The fraction of sp³-hybridized carbons (Fsp3) is 0.417. The van der Waals surface area contributed by atoms with E-state index in [1.54, 1.807) is 7.11 Å². The van der Waals surface area contributed by atoms with Crippen molar-refractivity contribution in [1.82, 2.24) is 0 Å². The van der Waals surface area contributed by atoms with E-state index < -0.39 is 0 Å². The van der Waals surface area contributed by atoms with Crippen LogP contribution in [0.3, 0.4) is 0 Å². The van der Waals surface area contributed by atoms with E-state index in [-0.39, 0.29) is 12.1 Å². The first-order chi connectivity index (χ1) is 7.29. The van der Waals surface area contributed by atoms with Gasteiger partial charge in [-0.25, -0.2) is 0 Å². The van der Waals surface area contributed by atoms with Gasteiger partial charge in [0.15, 0.2) is 0 Å². The van der Waals surface area contributed by atoms with Gasteiger partial charge in [-0.1, -0.05) is 12.1 Å². The molecule has 2 rings (SSSR count). The number of cyclic esters (lactones) is 1. The van der Waals surface area contributed by atoms with Gasteiger partial charge in [0.2, 0.25) is 0 Å². The molecule has 1 atom stereocenters. The average Bonchev–Trinajstić information content (AvgIpc) is 2.29. The van der Waals surface area contributed by atoms with Crippen LogP contribution in [0.1, 0.15) is 30.9 Å². The molecule has 0 radical (unpaired) electrons. The molecule has 0 saturated carbocycles. The molecule has 1 fully saturated rings. The number of carbonyl (C=O) groups excluding carboxylic acids is 1. The van der Waals surface area contributed by atoms with Crippen molar-refractivity contribution in [2.45, 2.75) is 25.4 Å². The van der Waals surface area contributed by atoms with E-state index in [0.29, 0.717) is 6.42 Å². The minimum Gasteiger partial charge on any atom is -0.497 e. The molecule has 1 aromatic carbocycles. The van der Waals surface area contributed by atoms with Crippen LogP contribution in [0.4, 0.5) is 0 Å². The van der Waals surface area contributed by atoms with Crippen LogP contribution in [0.2, 0.25) is 0 Å². The van der Waals surface area contributed by atoms with Crippen LogP contribution >= 0.6 is 0 Å². The minimum absolute atomic E-state index is 0.0960. The summed E-state index contributed by atoms with van der Waals surface area (Å²) in [6.07, 6.45) is 2.25. The molecule has 1 aliphatic heterocycles. The Labute approximate surface area is 89.0 Å². The van der Waals surface area contributed by atoms with Crippen LogP contribution in [0, 0.1) is 0 Å². The molecule has 0 bridgehead atoms. The SMILES string of the molecule is COc1cccc(C2CCCC(=O)O2)c1. The van der Waals surface area contributed by atoms with E-state index in [4.69, 9.17) is 9.47 Å². The lowest BCUT2D eigenvalue weighted by molar-refractivity contribution is -0.154. The Kier molecular flexibility index (Phi) is 2.90. The van der Waals surface area contributed by atoms with Gasteiger partial charge >= 0.3 is 5.97 Å². The Morgan fingerprint density at radius 1 is 1.47 bits per heavy atom. The van der Waals surface area contributed by atoms with Crippen LogP contribution in [0.5, 0.6) is 5.75 Å².